The Morgan fingerprint density at radius 3 is 2.80 bits per heavy atom. The van der Waals surface area contributed by atoms with Crippen LogP contribution in [0.1, 0.15) is 11.3 Å². The Bertz CT molecular complexity index is 703. The van der Waals surface area contributed by atoms with Gasteiger partial charge in [-0.2, -0.15) is 0 Å². The molecule has 2 N–H and O–H groups in total. The van der Waals surface area contributed by atoms with E-state index in [4.69, 9.17) is 16.7 Å². The molecule has 1 aromatic carbocycles. The number of halogens is 2. The zero-order chi connectivity index (χ0) is 14.8. The Balaban J connectivity index is 2.27. The number of sulfonamides is 1. The maximum absolute atomic E-state index is 13.5. The minimum atomic E-state index is -3.95. The molecule has 0 aliphatic heterocycles. The molecule has 0 amide bonds. The van der Waals surface area contributed by atoms with Gasteiger partial charge in [0.2, 0.25) is 10.0 Å². The fourth-order valence-corrected chi connectivity index (χ4v) is 2.70. The van der Waals surface area contributed by atoms with Crippen molar-refractivity contribution in [3.63, 3.8) is 0 Å². The second-order valence-corrected chi connectivity index (χ2v) is 6.00. The fourth-order valence-electron chi connectivity index (χ4n) is 1.47. The van der Waals surface area contributed by atoms with E-state index < -0.39 is 22.4 Å². The van der Waals surface area contributed by atoms with E-state index in [1.807, 2.05) is 0 Å². The summed E-state index contributed by atoms with van der Waals surface area (Å²) in [5, 5.41) is 12.3. The summed E-state index contributed by atoms with van der Waals surface area (Å²) in [6.45, 7) is -0.667. The highest BCUT2D eigenvalue weighted by atomic mass is 35.5. The lowest BCUT2D eigenvalue weighted by molar-refractivity contribution is 0.281. The molecule has 1 aromatic heterocycles. The van der Waals surface area contributed by atoms with Gasteiger partial charge < -0.3 is 9.63 Å². The van der Waals surface area contributed by atoms with Crippen molar-refractivity contribution >= 4 is 21.6 Å². The summed E-state index contributed by atoms with van der Waals surface area (Å²) in [6, 6.07) is 3.38. The molecule has 9 heteroatoms. The van der Waals surface area contributed by atoms with Crippen LogP contribution in [0.5, 0.6) is 0 Å². The van der Waals surface area contributed by atoms with E-state index >= 15 is 0 Å². The molecule has 0 saturated carbocycles. The van der Waals surface area contributed by atoms with Crippen molar-refractivity contribution in [1.29, 1.82) is 0 Å². The summed E-state index contributed by atoms with van der Waals surface area (Å²) in [7, 11) is -3.95. The zero-order valence-electron chi connectivity index (χ0n) is 10.0. The number of aliphatic hydroxyl groups is 1. The number of nitrogens with one attached hydrogen (secondary N) is 1. The van der Waals surface area contributed by atoms with Gasteiger partial charge in [-0.25, -0.2) is 17.5 Å². The van der Waals surface area contributed by atoms with E-state index in [-0.39, 0.29) is 22.0 Å². The molecule has 2 aromatic rings. The Morgan fingerprint density at radius 2 is 2.20 bits per heavy atom. The molecule has 6 nitrogen and oxygen atoms in total. The number of benzene rings is 1. The van der Waals surface area contributed by atoms with Crippen LogP contribution >= 0.6 is 11.6 Å². The van der Waals surface area contributed by atoms with Crippen LogP contribution in [0.2, 0.25) is 5.02 Å². The molecule has 108 valence electrons. The first kappa shape index (κ1) is 14.9. The van der Waals surface area contributed by atoms with E-state index in [2.05, 4.69) is 14.4 Å². The van der Waals surface area contributed by atoms with Crippen molar-refractivity contribution in [3.8, 4) is 0 Å². The first-order valence-corrected chi connectivity index (χ1v) is 7.28. The quantitative estimate of drug-likeness (QED) is 0.869. The van der Waals surface area contributed by atoms with Crippen LogP contribution in [0.15, 0.2) is 33.9 Å². The Kier molecular flexibility index (Phi) is 4.39. The average molecular weight is 321 g/mol. The van der Waals surface area contributed by atoms with Crippen LogP contribution in [0.4, 0.5) is 4.39 Å². The van der Waals surface area contributed by atoms with Gasteiger partial charge in [-0.15, -0.1) is 0 Å². The standard InChI is InChI=1S/C11H10ClFN2O4S/c12-11-7(6-16)3-9(4-10(11)13)20(17,18)14-5-8-1-2-19-15-8/h1-4,14,16H,5-6H2. The normalized spacial score (nSPS) is 11.8. The molecule has 0 aliphatic rings. The summed E-state index contributed by atoms with van der Waals surface area (Å²) in [6.07, 6.45) is 1.30. The summed E-state index contributed by atoms with van der Waals surface area (Å²) in [4.78, 5) is -0.327. The first-order valence-electron chi connectivity index (χ1n) is 5.42. The molecule has 0 saturated heterocycles. The molecule has 0 atom stereocenters. The Morgan fingerprint density at radius 1 is 1.45 bits per heavy atom. The van der Waals surface area contributed by atoms with Crippen LogP contribution in [0.3, 0.4) is 0 Å². The Hall–Kier alpha value is -1.48. The topological polar surface area (TPSA) is 92.4 Å². The van der Waals surface area contributed by atoms with E-state index in [0.29, 0.717) is 5.69 Å². The largest absolute Gasteiger partial charge is 0.392 e. The summed E-state index contributed by atoms with van der Waals surface area (Å²) in [5.41, 5.74) is 0.374. The molecule has 20 heavy (non-hydrogen) atoms. The van der Waals surface area contributed by atoms with Crippen molar-refractivity contribution in [2.75, 3.05) is 0 Å². The number of aromatic nitrogens is 1. The number of hydrogen-bond donors (Lipinski definition) is 2. The number of hydrogen-bond acceptors (Lipinski definition) is 5. The van der Waals surface area contributed by atoms with Crippen molar-refractivity contribution in [1.82, 2.24) is 9.88 Å². The predicted molar refractivity (Wildman–Crippen MR) is 67.9 cm³/mol. The summed E-state index contributed by atoms with van der Waals surface area (Å²) < 4.78 is 44.3. The van der Waals surface area contributed by atoms with Crippen LogP contribution in [-0.4, -0.2) is 18.7 Å². The lowest BCUT2D eigenvalue weighted by atomic mass is 10.2. The second kappa shape index (κ2) is 5.88. The SMILES string of the molecule is O=S(=O)(NCc1ccon1)c1cc(F)c(Cl)c(CO)c1. The van der Waals surface area contributed by atoms with Crippen LogP contribution in [0.25, 0.3) is 0 Å². The van der Waals surface area contributed by atoms with Crippen molar-refractivity contribution < 1.29 is 22.4 Å². The number of rotatable bonds is 5. The van der Waals surface area contributed by atoms with Gasteiger partial charge >= 0.3 is 0 Å². The third-order valence-electron chi connectivity index (χ3n) is 2.49. The van der Waals surface area contributed by atoms with Gasteiger partial charge in [-0.1, -0.05) is 16.8 Å². The predicted octanol–water partition coefficient (Wildman–Crippen LogP) is 1.44. The highest BCUT2D eigenvalue weighted by Gasteiger charge is 2.19. The smallest absolute Gasteiger partial charge is 0.241 e. The zero-order valence-corrected chi connectivity index (χ0v) is 11.6. The molecule has 1 heterocycles. The molecule has 0 radical (unpaired) electrons. The van der Waals surface area contributed by atoms with Crippen LogP contribution < -0.4 is 4.72 Å². The van der Waals surface area contributed by atoms with Crippen molar-refractivity contribution in [2.24, 2.45) is 0 Å². The maximum atomic E-state index is 13.5. The van der Waals surface area contributed by atoms with Crippen molar-refractivity contribution in [2.45, 2.75) is 18.0 Å². The third-order valence-corrected chi connectivity index (χ3v) is 4.30. The van der Waals surface area contributed by atoms with E-state index in [1.54, 1.807) is 0 Å². The lowest BCUT2D eigenvalue weighted by Crippen LogP contribution is -2.23. The minimum absolute atomic E-state index is 0.00604. The monoisotopic (exact) mass is 320 g/mol. The highest BCUT2D eigenvalue weighted by molar-refractivity contribution is 7.89. The minimum Gasteiger partial charge on any atom is -0.392 e. The van der Waals surface area contributed by atoms with E-state index in [9.17, 15) is 12.8 Å². The van der Waals surface area contributed by atoms with E-state index in [0.717, 1.165) is 12.1 Å². The molecule has 0 unspecified atom stereocenters. The van der Waals surface area contributed by atoms with Gasteiger partial charge in [-0.3, -0.25) is 0 Å². The van der Waals surface area contributed by atoms with Gasteiger partial charge in [0.25, 0.3) is 0 Å². The van der Waals surface area contributed by atoms with Gasteiger partial charge in [0, 0.05) is 11.6 Å². The molecule has 0 bridgehead atoms. The second-order valence-electron chi connectivity index (χ2n) is 3.85. The summed E-state index contributed by atoms with van der Waals surface area (Å²) in [5.74, 6) is -0.917. The molecule has 0 spiro atoms. The molecule has 0 fully saturated rings. The van der Waals surface area contributed by atoms with Crippen LogP contribution in [0, 0.1) is 5.82 Å². The molecular weight excluding hydrogens is 311 g/mol. The Labute approximate surface area is 119 Å². The first-order chi connectivity index (χ1) is 9.44. The highest BCUT2D eigenvalue weighted by Crippen LogP contribution is 2.24. The van der Waals surface area contributed by atoms with Gasteiger partial charge in [0.15, 0.2) is 0 Å². The van der Waals surface area contributed by atoms with Gasteiger partial charge in [0.1, 0.15) is 12.1 Å². The molecule has 2 rings (SSSR count). The van der Waals surface area contributed by atoms with Gasteiger partial charge in [0.05, 0.1) is 28.8 Å². The van der Waals surface area contributed by atoms with Crippen molar-refractivity contribution in [3.05, 3.63) is 46.6 Å². The summed E-state index contributed by atoms with van der Waals surface area (Å²) >= 11 is 5.60. The maximum Gasteiger partial charge on any atom is 0.241 e. The lowest BCUT2D eigenvalue weighted by Gasteiger charge is -2.08. The van der Waals surface area contributed by atoms with Crippen LogP contribution in [-0.2, 0) is 23.2 Å². The van der Waals surface area contributed by atoms with Gasteiger partial charge in [-0.05, 0) is 12.1 Å². The molecule has 0 aliphatic carbocycles. The fraction of sp³-hybridized carbons (Fsp3) is 0.182. The van der Waals surface area contributed by atoms with E-state index in [1.165, 1.54) is 12.3 Å². The number of nitrogens with zero attached hydrogens (tertiary/aromatic N) is 1. The average Bonchev–Trinajstić information content (AvgIpc) is 2.92. The third kappa shape index (κ3) is 3.15. The molecular formula is C11H10ClFN2O4S. The number of aliphatic hydroxyl groups excluding tert-OH is 1.